The van der Waals surface area contributed by atoms with Gasteiger partial charge in [-0.1, -0.05) is 32.6 Å². The summed E-state index contributed by atoms with van der Waals surface area (Å²) >= 11 is 0. The predicted octanol–water partition coefficient (Wildman–Crippen LogP) is 3.85. The Labute approximate surface area is 117 Å². The third-order valence-corrected chi connectivity index (χ3v) is 3.42. The van der Waals surface area contributed by atoms with Crippen molar-refractivity contribution >= 4 is 0 Å². The molecule has 0 aliphatic rings. The van der Waals surface area contributed by atoms with Crippen LogP contribution in [0.2, 0.25) is 0 Å². The Hall–Kier alpha value is -1.22. The second-order valence-corrected chi connectivity index (χ2v) is 5.13. The molecule has 0 amide bonds. The molecule has 3 nitrogen and oxygen atoms in total. The Bertz CT molecular complexity index is 366. The second kappa shape index (κ2) is 8.81. The number of hydrogen-bond donors (Lipinski definition) is 2. The van der Waals surface area contributed by atoms with E-state index in [9.17, 15) is 5.11 Å². The summed E-state index contributed by atoms with van der Waals surface area (Å²) in [7, 11) is 1.64. The number of unbranched alkanes of at least 4 members (excludes halogenated alkanes) is 3. The van der Waals surface area contributed by atoms with Gasteiger partial charge < -0.3 is 15.2 Å². The first-order valence-electron chi connectivity index (χ1n) is 7.26. The number of phenols is 1. The number of hydrogen-bond acceptors (Lipinski definition) is 3. The van der Waals surface area contributed by atoms with Crippen LogP contribution in [0.4, 0.5) is 0 Å². The standard InChI is InChI=1S/C16H27NO2/c1-4-5-6-7-8-13(2)17-12-14-11-15(19-3)9-10-16(14)18/h9-11,13,17-18H,4-8,12H2,1-3H3. The summed E-state index contributed by atoms with van der Waals surface area (Å²) in [6.07, 6.45) is 6.37. The highest BCUT2D eigenvalue weighted by Crippen LogP contribution is 2.22. The Kier molecular flexibility index (Phi) is 7.34. The van der Waals surface area contributed by atoms with E-state index in [1.165, 1.54) is 32.1 Å². The van der Waals surface area contributed by atoms with Crippen LogP contribution in [0.3, 0.4) is 0 Å². The molecule has 1 atom stereocenters. The molecule has 0 bridgehead atoms. The zero-order valence-corrected chi connectivity index (χ0v) is 12.4. The summed E-state index contributed by atoms with van der Waals surface area (Å²) in [4.78, 5) is 0. The fourth-order valence-electron chi connectivity index (χ4n) is 2.09. The van der Waals surface area contributed by atoms with Crippen LogP contribution in [0.15, 0.2) is 18.2 Å². The highest BCUT2D eigenvalue weighted by Gasteiger charge is 2.06. The zero-order valence-electron chi connectivity index (χ0n) is 12.4. The van der Waals surface area contributed by atoms with E-state index in [1.807, 2.05) is 6.07 Å². The summed E-state index contributed by atoms with van der Waals surface area (Å²) in [5.41, 5.74) is 0.889. The second-order valence-electron chi connectivity index (χ2n) is 5.13. The summed E-state index contributed by atoms with van der Waals surface area (Å²) in [5, 5.41) is 13.2. The van der Waals surface area contributed by atoms with Crippen LogP contribution in [0.25, 0.3) is 0 Å². The number of nitrogens with one attached hydrogen (secondary N) is 1. The van der Waals surface area contributed by atoms with E-state index in [0.29, 0.717) is 18.3 Å². The van der Waals surface area contributed by atoms with Crippen molar-refractivity contribution in [3.8, 4) is 11.5 Å². The van der Waals surface area contributed by atoms with Crippen LogP contribution in [0, 0.1) is 0 Å². The fourth-order valence-corrected chi connectivity index (χ4v) is 2.09. The molecular weight excluding hydrogens is 238 g/mol. The maximum Gasteiger partial charge on any atom is 0.120 e. The van der Waals surface area contributed by atoms with Crippen LogP contribution in [0.5, 0.6) is 11.5 Å². The van der Waals surface area contributed by atoms with Gasteiger partial charge in [0.15, 0.2) is 0 Å². The minimum Gasteiger partial charge on any atom is -0.508 e. The number of aromatic hydroxyl groups is 1. The van der Waals surface area contributed by atoms with E-state index in [4.69, 9.17) is 4.74 Å². The van der Waals surface area contributed by atoms with Crippen LogP contribution in [-0.2, 0) is 6.54 Å². The summed E-state index contributed by atoms with van der Waals surface area (Å²) < 4.78 is 5.17. The average Bonchev–Trinajstić information content (AvgIpc) is 2.43. The molecule has 19 heavy (non-hydrogen) atoms. The number of benzene rings is 1. The van der Waals surface area contributed by atoms with Gasteiger partial charge in [-0.05, 0) is 31.5 Å². The van der Waals surface area contributed by atoms with Gasteiger partial charge in [0.2, 0.25) is 0 Å². The smallest absolute Gasteiger partial charge is 0.120 e. The Balaban J connectivity index is 2.34. The lowest BCUT2D eigenvalue weighted by Gasteiger charge is -2.15. The number of ether oxygens (including phenoxy) is 1. The van der Waals surface area contributed by atoms with Gasteiger partial charge in [0.05, 0.1) is 7.11 Å². The van der Waals surface area contributed by atoms with Crippen molar-refractivity contribution in [2.75, 3.05) is 7.11 Å². The molecule has 1 rings (SSSR count). The molecule has 3 heteroatoms. The van der Waals surface area contributed by atoms with Crippen molar-refractivity contribution in [3.05, 3.63) is 23.8 Å². The van der Waals surface area contributed by atoms with E-state index < -0.39 is 0 Å². The molecule has 1 aromatic rings. The van der Waals surface area contributed by atoms with Gasteiger partial charge in [-0.3, -0.25) is 0 Å². The molecule has 0 aliphatic heterocycles. The molecule has 0 saturated heterocycles. The van der Waals surface area contributed by atoms with Crippen molar-refractivity contribution in [1.29, 1.82) is 0 Å². The van der Waals surface area contributed by atoms with E-state index in [0.717, 1.165) is 11.3 Å². The minimum absolute atomic E-state index is 0.325. The SMILES string of the molecule is CCCCCCC(C)NCc1cc(OC)ccc1O. The number of phenolic OH excluding ortho intramolecular Hbond substituents is 1. The third kappa shape index (κ3) is 5.97. The maximum absolute atomic E-state index is 9.79. The van der Waals surface area contributed by atoms with E-state index >= 15 is 0 Å². The first kappa shape index (κ1) is 15.8. The van der Waals surface area contributed by atoms with Gasteiger partial charge in [-0.2, -0.15) is 0 Å². The molecule has 0 heterocycles. The molecular formula is C16H27NO2. The maximum atomic E-state index is 9.79. The molecule has 1 unspecified atom stereocenters. The minimum atomic E-state index is 0.325. The Morgan fingerprint density at radius 2 is 2.05 bits per heavy atom. The quantitative estimate of drug-likeness (QED) is 0.666. The summed E-state index contributed by atoms with van der Waals surface area (Å²) in [6, 6.07) is 5.81. The first-order chi connectivity index (χ1) is 9.17. The van der Waals surface area contributed by atoms with Crippen molar-refractivity contribution in [2.24, 2.45) is 0 Å². The molecule has 0 aromatic heterocycles. The molecule has 108 valence electrons. The normalized spacial score (nSPS) is 12.4. The summed E-state index contributed by atoms with van der Waals surface area (Å²) in [6.45, 7) is 5.11. The monoisotopic (exact) mass is 265 g/mol. The molecule has 0 radical (unpaired) electrons. The predicted molar refractivity (Wildman–Crippen MR) is 79.7 cm³/mol. The Morgan fingerprint density at radius 3 is 2.74 bits per heavy atom. The first-order valence-corrected chi connectivity index (χ1v) is 7.26. The van der Waals surface area contributed by atoms with E-state index in [-0.39, 0.29) is 0 Å². The molecule has 0 saturated carbocycles. The zero-order chi connectivity index (χ0) is 14.1. The largest absolute Gasteiger partial charge is 0.508 e. The third-order valence-electron chi connectivity index (χ3n) is 3.42. The van der Waals surface area contributed by atoms with Gasteiger partial charge in [0.25, 0.3) is 0 Å². The van der Waals surface area contributed by atoms with Crippen LogP contribution in [-0.4, -0.2) is 18.3 Å². The lowest BCUT2D eigenvalue weighted by molar-refractivity contribution is 0.408. The van der Waals surface area contributed by atoms with E-state index in [1.54, 1.807) is 19.2 Å². The van der Waals surface area contributed by atoms with Gasteiger partial charge in [0.1, 0.15) is 11.5 Å². The van der Waals surface area contributed by atoms with Gasteiger partial charge in [-0.15, -0.1) is 0 Å². The lowest BCUT2D eigenvalue weighted by Crippen LogP contribution is -2.25. The number of rotatable bonds is 9. The van der Waals surface area contributed by atoms with Crippen molar-refractivity contribution in [2.45, 2.75) is 58.5 Å². The Morgan fingerprint density at radius 1 is 1.26 bits per heavy atom. The van der Waals surface area contributed by atoms with Gasteiger partial charge >= 0.3 is 0 Å². The van der Waals surface area contributed by atoms with Gasteiger partial charge in [-0.25, -0.2) is 0 Å². The fraction of sp³-hybridized carbons (Fsp3) is 0.625. The molecule has 0 aliphatic carbocycles. The van der Waals surface area contributed by atoms with Crippen molar-refractivity contribution < 1.29 is 9.84 Å². The molecule has 1 aromatic carbocycles. The molecule has 0 spiro atoms. The topological polar surface area (TPSA) is 41.5 Å². The highest BCUT2D eigenvalue weighted by atomic mass is 16.5. The lowest BCUT2D eigenvalue weighted by atomic mass is 10.1. The van der Waals surface area contributed by atoms with Gasteiger partial charge in [0, 0.05) is 18.2 Å². The van der Waals surface area contributed by atoms with Crippen molar-refractivity contribution in [1.82, 2.24) is 5.32 Å². The van der Waals surface area contributed by atoms with Crippen molar-refractivity contribution in [3.63, 3.8) is 0 Å². The molecule has 2 N–H and O–H groups in total. The molecule has 0 fully saturated rings. The van der Waals surface area contributed by atoms with E-state index in [2.05, 4.69) is 19.2 Å². The van der Waals surface area contributed by atoms with Crippen LogP contribution >= 0.6 is 0 Å². The highest BCUT2D eigenvalue weighted by molar-refractivity contribution is 5.39. The summed E-state index contributed by atoms with van der Waals surface area (Å²) in [5.74, 6) is 1.11. The average molecular weight is 265 g/mol. The number of methoxy groups -OCH3 is 1. The van der Waals surface area contributed by atoms with Crippen LogP contribution in [0.1, 0.15) is 51.5 Å². The van der Waals surface area contributed by atoms with Crippen LogP contribution < -0.4 is 10.1 Å².